The van der Waals surface area contributed by atoms with Crippen molar-refractivity contribution in [1.82, 2.24) is 36.6 Å². The fourth-order valence-corrected chi connectivity index (χ4v) is 8.24. The van der Waals surface area contributed by atoms with E-state index >= 15 is 0 Å². The van der Waals surface area contributed by atoms with Crippen molar-refractivity contribution in [2.24, 2.45) is 17.2 Å². The number of nitrogens with two attached hydrogens (primary N) is 3. The summed E-state index contributed by atoms with van der Waals surface area (Å²) in [7, 11) is 0. The zero-order chi connectivity index (χ0) is 48.7. The first-order valence-electron chi connectivity index (χ1n) is 23.0. The molecular formula is C49H61N11O8. The number of nitrogens with one attached hydrogen (secondary N) is 5. The first-order valence-corrected chi connectivity index (χ1v) is 23.0. The molecule has 1 aromatic heterocycles. The van der Waals surface area contributed by atoms with Crippen LogP contribution in [0.5, 0.6) is 17.2 Å². The van der Waals surface area contributed by atoms with Gasteiger partial charge in [0.2, 0.25) is 23.6 Å². The van der Waals surface area contributed by atoms with Crippen molar-refractivity contribution in [3.8, 4) is 45.8 Å². The summed E-state index contributed by atoms with van der Waals surface area (Å²) in [5, 5.41) is 22.6. The monoisotopic (exact) mass is 931 g/mol. The lowest BCUT2D eigenvalue weighted by Gasteiger charge is -2.27. The largest absolute Gasteiger partial charge is 0.492 e. The summed E-state index contributed by atoms with van der Waals surface area (Å²) < 4.78 is 18.3. The first-order chi connectivity index (χ1) is 32.8. The summed E-state index contributed by atoms with van der Waals surface area (Å²) in [5.74, 6) is -1.56. The Kier molecular flexibility index (Phi) is 17.8. The Hall–Kier alpha value is -7.14. The Bertz CT molecular complexity index is 2470. The van der Waals surface area contributed by atoms with Gasteiger partial charge in [0.05, 0.1) is 29.1 Å². The molecule has 0 saturated heterocycles. The molecule has 19 heteroatoms. The number of amides is 5. The number of hydrogen-bond acceptors (Lipinski definition) is 14. The van der Waals surface area contributed by atoms with Crippen LogP contribution in [-0.2, 0) is 25.6 Å². The summed E-state index contributed by atoms with van der Waals surface area (Å²) in [4.78, 5) is 79.2. The summed E-state index contributed by atoms with van der Waals surface area (Å²) in [5.41, 5.74) is 21.1. The minimum Gasteiger partial charge on any atom is -0.492 e. The van der Waals surface area contributed by atoms with Gasteiger partial charge in [0.15, 0.2) is 5.82 Å². The molecule has 3 aromatic carbocycles. The van der Waals surface area contributed by atoms with Crippen LogP contribution in [-0.4, -0.2) is 103 Å². The number of benzene rings is 3. The van der Waals surface area contributed by atoms with E-state index in [4.69, 9.17) is 36.7 Å². The first kappa shape index (κ1) is 50.3. The summed E-state index contributed by atoms with van der Waals surface area (Å²) in [6.45, 7) is 5.14. The Morgan fingerprint density at radius 2 is 1.49 bits per heavy atom. The molecule has 360 valence electrons. The molecule has 1 saturated carbocycles. The van der Waals surface area contributed by atoms with E-state index in [1.807, 2.05) is 30.3 Å². The highest BCUT2D eigenvalue weighted by Gasteiger charge is 2.33. The van der Waals surface area contributed by atoms with Crippen LogP contribution in [0.15, 0.2) is 60.7 Å². The second-order valence-electron chi connectivity index (χ2n) is 16.8. The smallest absolute Gasteiger partial charge is 0.255 e. The normalized spacial score (nSPS) is 17.8. The zero-order valence-electron chi connectivity index (χ0n) is 38.7. The molecule has 0 radical (unpaired) electrons. The standard InChI is InChI=1S/C49H61N11O8/c1-28-42(29(2)56-44(55-28)32-10-13-35(14-11-32)68-34-7-5-4-6-8-34)48(64)58-38(17-18-50)47(63)60-43-33-12-16-41(67-24-21-53)37(27-33)36-25-31(9-15-40(36)66-23-20-52)26-39(46(62)54-22-19-51)59-45(61)30(3)57-49(43)65/h9-16,25,27,30,34,38-39,43H,4-8,17-18,20-24,26,50,52-53H2,1-3H3,(H,54,62)(H,57,65)(H,58,64)(H,59,61)(H,60,63)/t30-,38?,39-,43-/m0/s1. The maximum Gasteiger partial charge on any atom is 0.255 e. The molecule has 4 aromatic rings. The highest BCUT2D eigenvalue weighted by molar-refractivity contribution is 6.00. The van der Waals surface area contributed by atoms with Crippen molar-refractivity contribution in [1.29, 1.82) is 5.26 Å². The third-order valence-corrected chi connectivity index (χ3v) is 11.7. The average Bonchev–Trinajstić information content (AvgIpc) is 3.33. The predicted molar refractivity (Wildman–Crippen MR) is 253 cm³/mol. The average molecular weight is 932 g/mol. The van der Waals surface area contributed by atoms with Gasteiger partial charge in [-0.1, -0.05) is 18.6 Å². The third kappa shape index (κ3) is 12.8. The maximum absolute atomic E-state index is 14.4. The van der Waals surface area contributed by atoms with Gasteiger partial charge in [-0.25, -0.2) is 9.97 Å². The predicted octanol–water partition coefficient (Wildman–Crippen LogP) is 2.30. The topological polar surface area (TPSA) is 301 Å². The zero-order valence-corrected chi connectivity index (χ0v) is 38.7. The van der Waals surface area contributed by atoms with Crippen molar-refractivity contribution in [2.45, 2.75) is 96.0 Å². The van der Waals surface area contributed by atoms with E-state index in [1.165, 1.54) is 13.3 Å². The Balaban J connectivity index is 1.31. The van der Waals surface area contributed by atoms with Gasteiger partial charge in [0, 0.05) is 36.2 Å². The number of rotatable bonds is 17. The number of aryl methyl sites for hydroxylation is 2. The fourth-order valence-electron chi connectivity index (χ4n) is 8.24. The number of fused-ring (bicyclic) bond motifs is 5. The van der Waals surface area contributed by atoms with Gasteiger partial charge in [0.25, 0.3) is 5.91 Å². The van der Waals surface area contributed by atoms with Gasteiger partial charge in [0.1, 0.15) is 61.2 Å². The number of carbonyl (C=O) groups excluding carboxylic acids is 5. The molecule has 1 aliphatic carbocycles. The number of ether oxygens (including phenoxy) is 3. The molecule has 68 heavy (non-hydrogen) atoms. The van der Waals surface area contributed by atoms with Gasteiger partial charge in [-0.2, -0.15) is 5.26 Å². The van der Waals surface area contributed by atoms with Crippen LogP contribution in [0.25, 0.3) is 22.5 Å². The van der Waals surface area contributed by atoms with E-state index in [9.17, 15) is 24.0 Å². The Morgan fingerprint density at radius 1 is 0.838 bits per heavy atom. The van der Waals surface area contributed by atoms with Gasteiger partial charge in [-0.15, -0.1) is 0 Å². The molecule has 1 aliphatic heterocycles. The van der Waals surface area contributed by atoms with E-state index < -0.39 is 53.7 Å². The summed E-state index contributed by atoms with van der Waals surface area (Å²) in [6, 6.07) is 14.4. The van der Waals surface area contributed by atoms with Crippen LogP contribution >= 0.6 is 0 Å². The number of nitrogens with zero attached hydrogens (tertiary/aromatic N) is 3. The second-order valence-corrected chi connectivity index (χ2v) is 16.8. The van der Waals surface area contributed by atoms with Crippen molar-refractivity contribution in [3.63, 3.8) is 0 Å². The lowest BCUT2D eigenvalue weighted by Crippen LogP contribution is -2.55. The minimum atomic E-state index is -1.46. The molecule has 0 spiro atoms. The molecular weight excluding hydrogens is 871 g/mol. The number of hydrogen-bond donors (Lipinski definition) is 8. The number of aromatic nitrogens is 2. The Labute approximate surface area is 395 Å². The molecule has 11 N–H and O–H groups in total. The molecule has 4 atom stereocenters. The molecule has 19 nitrogen and oxygen atoms in total. The van der Waals surface area contributed by atoms with Crippen LogP contribution < -0.4 is 58.0 Å². The molecule has 5 amide bonds. The van der Waals surface area contributed by atoms with Crippen LogP contribution in [0, 0.1) is 25.2 Å². The van der Waals surface area contributed by atoms with E-state index in [0.717, 1.165) is 37.0 Å². The van der Waals surface area contributed by atoms with E-state index in [2.05, 4.69) is 36.6 Å². The quantitative estimate of drug-likeness (QED) is 0.0706. The molecule has 1 unspecified atom stereocenters. The van der Waals surface area contributed by atoms with Gasteiger partial charge in [-0.3, -0.25) is 24.0 Å². The van der Waals surface area contributed by atoms with Crippen LogP contribution in [0.2, 0.25) is 0 Å². The highest BCUT2D eigenvalue weighted by Crippen LogP contribution is 2.39. The van der Waals surface area contributed by atoms with E-state index in [-0.39, 0.29) is 69.5 Å². The van der Waals surface area contributed by atoms with Crippen molar-refractivity contribution >= 4 is 29.5 Å². The van der Waals surface area contributed by atoms with Crippen molar-refractivity contribution in [2.75, 3.05) is 39.4 Å². The van der Waals surface area contributed by atoms with Crippen molar-refractivity contribution < 1.29 is 38.2 Å². The van der Waals surface area contributed by atoms with Crippen LogP contribution in [0.4, 0.5) is 0 Å². The van der Waals surface area contributed by atoms with Gasteiger partial charge < -0.3 is 58.0 Å². The van der Waals surface area contributed by atoms with E-state index in [1.54, 1.807) is 50.2 Å². The molecule has 2 aliphatic rings. The fraction of sp³-hybridized carbons (Fsp3) is 0.429. The second kappa shape index (κ2) is 24.1. The Morgan fingerprint density at radius 3 is 2.12 bits per heavy atom. The molecule has 1 fully saturated rings. The molecule has 2 heterocycles. The number of nitriles is 1. The van der Waals surface area contributed by atoms with E-state index in [0.29, 0.717) is 45.4 Å². The molecule has 6 rings (SSSR count). The third-order valence-electron chi connectivity index (χ3n) is 11.7. The van der Waals surface area contributed by atoms with Crippen LogP contribution in [0.1, 0.15) is 84.4 Å². The maximum atomic E-state index is 14.4. The highest BCUT2D eigenvalue weighted by atomic mass is 16.5. The lowest BCUT2D eigenvalue weighted by atomic mass is 9.93. The van der Waals surface area contributed by atoms with Gasteiger partial charge >= 0.3 is 0 Å². The summed E-state index contributed by atoms with van der Waals surface area (Å²) in [6.07, 6.45) is 5.81. The van der Waals surface area contributed by atoms with Crippen molar-refractivity contribution in [3.05, 3.63) is 88.7 Å². The van der Waals surface area contributed by atoms with Crippen LogP contribution in [0.3, 0.4) is 0 Å². The summed E-state index contributed by atoms with van der Waals surface area (Å²) >= 11 is 0. The SMILES string of the molecule is Cc1nc(-c2ccc(OC3CCCCC3)cc2)nc(C)c1C(=O)NC(CCN)C(=O)N[C@@H]1C(=O)N[C@@H](C)C(=O)N[C@H](C(=O)NCC#N)Cc2ccc(OCCN)c(c2)-c2cc1ccc2OCCN. The molecule has 4 bridgehead atoms. The minimum absolute atomic E-state index is 0.00128. The number of carbonyl (C=O) groups is 5. The lowest BCUT2D eigenvalue weighted by molar-refractivity contribution is -0.133. The van der Waals surface area contributed by atoms with Gasteiger partial charge in [-0.05, 0) is 119 Å².